The van der Waals surface area contributed by atoms with Gasteiger partial charge in [-0.25, -0.2) is 0 Å². The summed E-state index contributed by atoms with van der Waals surface area (Å²) in [4.78, 5) is 12.1. The molecule has 0 saturated heterocycles. The first kappa shape index (κ1) is 13.0. The summed E-state index contributed by atoms with van der Waals surface area (Å²) in [5, 5.41) is 0. The second kappa shape index (κ2) is 5.85. The van der Waals surface area contributed by atoms with Crippen LogP contribution in [0.4, 0.5) is 0 Å². The maximum atomic E-state index is 12.1. The molecule has 0 aliphatic heterocycles. The molecular weight excluding hydrogens is 204 g/mol. The van der Waals surface area contributed by atoms with Crippen LogP contribution in [0.25, 0.3) is 0 Å². The van der Waals surface area contributed by atoms with Gasteiger partial charge in [-0.05, 0) is 13.3 Å². The lowest BCUT2D eigenvalue weighted by Crippen LogP contribution is -2.43. The van der Waals surface area contributed by atoms with Crippen LogP contribution in [0.15, 0.2) is 24.3 Å². The lowest BCUT2D eigenvalue weighted by Gasteiger charge is -2.35. The van der Waals surface area contributed by atoms with Crippen LogP contribution in [0, 0.1) is 5.41 Å². The van der Waals surface area contributed by atoms with Gasteiger partial charge in [-0.2, -0.15) is 0 Å². The first-order valence-electron chi connectivity index (χ1n) is 5.77. The molecule has 0 heterocycles. The maximum absolute atomic E-state index is 12.1. The zero-order chi connectivity index (χ0) is 12.0. The van der Waals surface area contributed by atoms with Crippen LogP contribution in [0.5, 0.6) is 0 Å². The van der Waals surface area contributed by atoms with Crippen molar-refractivity contribution in [1.29, 1.82) is 0 Å². The third-order valence-electron chi connectivity index (χ3n) is 2.87. The SMILES string of the molecule is CCCC1(C(=O)OCC)C=CC=CC1OC. The van der Waals surface area contributed by atoms with Gasteiger partial charge in [0.25, 0.3) is 0 Å². The Labute approximate surface area is 97.1 Å². The Bertz CT molecular complexity index is 294. The second-order valence-corrected chi connectivity index (χ2v) is 3.91. The van der Waals surface area contributed by atoms with Crippen LogP contribution in [0.1, 0.15) is 26.7 Å². The van der Waals surface area contributed by atoms with E-state index < -0.39 is 5.41 Å². The fourth-order valence-corrected chi connectivity index (χ4v) is 2.14. The Balaban J connectivity index is 2.98. The lowest BCUT2D eigenvalue weighted by molar-refractivity contribution is -0.158. The molecule has 0 N–H and O–H groups in total. The smallest absolute Gasteiger partial charge is 0.318 e. The third kappa shape index (κ3) is 2.35. The van der Waals surface area contributed by atoms with E-state index in [1.807, 2.05) is 31.2 Å². The topological polar surface area (TPSA) is 35.5 Å². The number of hydrogen-bond acceptors (Lipinski definition) is 3. The van der Waals surface area contributed by atoms with Crippen LogP contribution >= 0.6 is 0 Å². The van der Waals surface area contributed by atoms with Gasteiger partial charge in [-0.1, -0.05) is 37.6 Å². The summed E-state index contributed by atoms with van der Waals surface area (Å²) in [6.07, 6.45) is 9.04. The molecule has 2 atom stereocenters. The molecule has 0 aromatic rings. The third-order valence-corrected chi connectivity index (χ3v) is 2.87. The summed E-state index contributed by atoms with van der Waals surface area (Å²) >= 11 is 0. The Morgan fingerprint density at radius 1 is 1.38 bits per heavy atom. The first-order chi connectivity index (χ1) is 7.71. The highest BCUT2D eigenvalue weighted by Gasteiger charge is 2.44. The molecule has 0 aromatic heterocycles. The van der Waals surface area contributed by atoms with Crippen molar-refractivity contribution in [2.24, 2.45) is 5.41 Å². The Hall–Kier alpha value is -1.09. The van der Waals surface area contributed by atoms with Gasteiger partial charge in [-0.15, -0.1) is 0 Å². The minimum atomic E-state index is -0.645. The van der Waals surface area contributed by atoms with Crippen LogP contribution in [0.2, 0.25) is 0 Å². The van der Waals surface area contributed by atoms with Gasteiger partial charge < -0.3 is 9.47 Å². The molecule has 2 unspecified atom stereocenters. The Kier molecular flexibility index (Phi) is 4.74. The summed E-state index contributed by atoms with van der Waals surface area (Å²) < 4.78 is 10.6. The van der Waals surface area contributed by atoms with Crippen molar-refractivity contribution in [1.82, 2.24) is 0 Å². The van der Waals surface area contributed by atoms with Crippen LogP contribution in [-0.4, -0.2) is 25.8 Å². The fraction of sp³-hybridized carbons (Fsp3) is 0.615. The van der Waals surface area contributed by atoms with E-state index in [1.54, 1.807) is 7.11 Å². The van der Waals surface area contributed by atoms with Crippen molar-refractivity contribution in [2.75, 3.05) is 13.7 Å². The van der Waals surface area contributed by atoms with E-state index >= 15 is 0 Å². The number of allylic oxidation sites excluding steroid dienone is 2. The van der Waals surface area contributed by atoms with E-state index in [9.17, 15) is 4.79 Å². The minimum absolute atomic E-state index is 0.190. The highest BCUT2D eigenvalue weighted by Crippen LogP contribution is 2.36. The van der Waals surface area contributed by atoms with Crippen molar-refractivity contribution in [3.63, 3.8) is 0 Å². The van der Waals surface area contributed by atoms with Gasteiger partial charge in [0.2, 0.25) is 0 Å². The summed E-state index contributed by atoms with van der Waals surface area (Å²) in [6.45, 7) is 4.28. The molecule has 16 heavy (non-hydrogen) atoms. The summed E-state index contributed by atoms with van der Waals surface area (Å²) in [7, 11) is 1.62. The molecule has 0 bridgehead atoms. The first-order valence-corrected chi connectivity index (χ1v) is 5.77. The van der Waals surface area contributed by atoms with E-state index in [4.69, 9.17) is 9.47 Å². The van der Waals surface area contributed by atoms with Crippen LogP contribution < -0.4 is 0 Å². The van der Waals surface area contributed by atoms with Crippen molar-refractivity contribution in [2.45, 2.75) is 32.8 Å². The molecule has 3 heteroatoms. The van der Waals surface area contributed by atoms with Crippen LogP contribution in [0.3, 0.4) is 0 Å². The number of carbonyl (C=O) groups is 1. The van der Waals surface area contributed by atoms with Gasteiger partial charge in [0, 0.05) is 7.11 Å². The van der Waals surface area contributed by atoms with E-state index in [0.717, 1.165) is 12.8 Å². The number of methoxy groups -OCH3 is 1. The fourth-order valence-electron chi connectivity index (χ4n) is 2.14. The average molecular weight is 224 g/mol. The molecule has 0 fully saturated rings. The second-order valence-electron chi connectivity index (χ2n) is 3.91. The number of ether oxygens (including phenoxy) is 2. The monoisotopic (exact) mass is 224 g/mol. The minimum Gasteiger partial charge on any atom is -0.465 e. The van der Waals surface area contributed by atoms with E-state index in [0.29, 0.717) is 6.61 Å². The predicted molar refractivity (Wildman–Crippen MR) is 63.1 cm³/mol. The Morgan fingerprint density at radius 2 is 2.12 bits per heavy atom. The molecule has 3 nitrogen and oxygen atoms in total. The van der Waals surface area contributed by atoms with Gasteiger partial charge in [-0.3, -0.25) is 4.79 Å². The predicted octanol–water partition coefficient (Wildman–Crippen LogP) is 2.48. The molecule has 1 rings (SSSR count). The quantitative estimate of drug-likeness (QED) is 0.673. The standard InChI is InChI=1S/C13H20O3/c1-4-9-13(12(14)16-5-2)10-7-6-8-11(13)15-3/h6-8,10-11H,4-5,9H2,1-3H3. The zero-order valence-electron chi connectivity index (χ0n) is 10.2. The van der Waals surface area contributed by atoms with Crippen molar-refractivity contribution in [3.8, 4) is 0 Å². The Morgan fingerprint density at radius 3 is 2.69 bits per heavy atom. The molecule has 0 spiro atoms. The molecule has 1 aliphatic rings. The van der Waals surface area contributed by atoms with Gasteiger partial charge in [0.05, 0.1) is 12.7 Å². The highest BCUT2D eigenvalue weighted by molar-refractivity contribution is 5.81. The van der Waals surface area contributed by atoms with Crippen molar-refractivity contribution in [3.05, 3.63) is 24.3 Å². The van der Waals surface area contributed by atoms with E-state index in [1.165, 1.54) is 0 Å². The van der Waals surface area contributed by atoms with E-state index in [2.05, 4.69) is 6.92 Å². The summed E-state index contributed by atoms with van der Waals surface area (Å²) in [6, 6.07) is 0. The molecular formula is C13H20O3. The number of esters is 1. The maximum Gasteiger partial charge on any atom is 0.318 e. The number of carbonyl (C=O) groups excluding carboxylic acids is 1. The van der Waals surface area contributed by atoms with Crippen molar-refractivity contribution >= 4 is 5.97 Å². The largest absolute Gasteiger partial charge is 0.465 e. The van der Waals surface area contributed by atoms with Crippen LogP contribution in [-0.2, 0) is 14.3 Å². The van der Waals surface area contributed by atoms with Gasteiger partial charge in [0.1, 0.15) is 5.41 Å². The zero-order valence-corrected chi connectivity index (χ0v) is 10.2. The molecule has 0 aromatic carbocycles. The molecule has 0 amide bonds. The summed E-state index contributed by atoms with van der Waals surface area (Å²) in [5.74, 6) is -0.190. The van der Waals surface area contributed by atoms with E-state index in [-0.39, 0.29) is 12.1 Å². The van der Waals surface area contributed by atoms with Crippen molar-refractivity contribution < 1.29 is 14.3 Å². The number of rotatable bonds is 5. The summed E-state index contributed by atoms with van der Waals surface area (Å²) in [5.41, 5.74) is -0.645. The van der Waals surface area contributed by atoms with Gasteiger partial charge in [0.15, 0.2) is 0 Å². The van der Waals surface area contributed by atoms with Gasteiger partial charge >= 0.3 is 5.97 Å². The highest BCUT2D eigenvalue weighted by atomic mass is 16.5. The molecule has 0 radical (unpaired) electrons. The molecule has 90 valence electrons. The normalized spacial score (nSPS) is 28.1. The molecule has 0 saturated carbocycles. The molecule has 1 aliphatic carbocycles. The lowest BCUT2D eigenvalue weighted by atomic mass is 9.75. The number of hydrogen-bond donors (Lipinski definition) is 0. The average Bonchev–Trinajstić information content (AvgIpc) is 2.30.